The quantitative estimate of drug-likeness (QED) is 0.753. The van der Waals surface area contributed by atoms with Crippen LogP contribution in [-0.4, -0.2) is 28.3 Å². The Bertz CT molecular complexity index is 204. The lowest BCUT2D eigenvalue weighted by molar-refractivity contribution is -0.159. The van der Waals surface area contributed by atoms with Crippen LogP contribution in [0.25, 0.3) is 0 Å². The van der Waals surface area contributed by atoms with Crippen LogP contribution in [0.5, 0.6) is 0 Å². The highest BCUT2D eigenvalue weighted by molar-refractivity contribution is 7.99. The predicted octanol–water partition coefficient (Wildman–Crippen LogP) is 2.33. The van der Waals surface area contributed by atoms with Crippen molar-refractivity contribution in [2.75, 3.05) is 11.5 Å². The molecule has 76 valence electrons. The fourth-order valence-corrected chi connectivity index (χ4v) is 2.97. The van der Waals surface area contributed by atoms with Gasteiger partial charge in [-0.1, -0.05) is 0 Å². The zero-order chi connectivity index (χ0) is 10.1. The summed E-state index contributed by atoms with van der Waals surface area (Å²) < 4.78 is 13.8. The molecule has 4 heteroatoms. The lowest BCUT2D eigenvalue weighted by Gasteiger charge is -2.40. The molecule has 0 aliphatic carbocycles. The Morgan fingerprint density at radius 3 is 2.15 bits per heavy atom. The van der Waals surface area contributed by atoms with Crippen molar-refractivity contribution in [2.24, 2.45) is 5.41 Å². The van der Waals surface area contributed by atoms with Crippen LogP contribution in [-0.2, 0) is 4.79 Å². The van der Waals surface area contributed by atoms with Gasteiger partial charge in [-0.2, -0.15) is 11.8 Å². The Morgan fingerprint density at radius 1 is 1.46 bits per heavy atom. The molecule has 0 spiro atoms. The Kier molecular flexibility index (Phi) is 2.90. The summed E-state index contributed by atoms with van der Waals surface area (Å²) in [5, 5.41) is 9.08. The molecule has 0 aromatic carbocycles. The summed E-state index contributed by atoms with van der Waals surface area (Å²) in [7, 11) is 0. The second-order valence-corrected chi connectivity index (χ2v) is 5.20. The number of thioether (sulfide) groups is 1. The smallest absolute Gasteiger partial charge is 0.312 e. The summed E-state index contributed by atoms with van der Waals surface area (Å²) in [6.45, 7) is 2.74. The first-order valence-corrected chi connectivity index (χ1v) is 5.56. The number of hydrogen-bond acceptors (Lipinski definition) is 2. The molecule has 1 fully saturated rings. The lowest BCUT2D eigenvalue weighted by Crippen LogP contribution is -2.49. The molecular formula is C9H15FO2S. The van der Waals surface area contributed by atoms with E-state index in [0.29, 0.717) is 12.8 Å². The fourth-order valence-electron chi connectivity index (χ4n) is 1.78. The number of carbonyl (C=O) groups is 1. The van der Waals surface area contributed by atoms with E-state index in [1.165, 1.54) is 13.8 Å². The van der Waals surface area contributed by atoms with Gasteiger partial charge in [0.1, 0.15) is 11.1 Å². The predicted molar refractivity (Wildman–Crippen MR) is 51.8 cm³/mol. The van der Waals surface area contributed by atoms with Gasteiger partial charge in [-0.15, -0.1) is 0 Å². The molecular weight excluding hydrogens is 191 g/mol. The highest BCUT2D eigenvalue weighted by Gasteiger charge is 2.52. The van der Waals surface area contributed by atoms with Gasteiger partial charge in [0.15, 0.2) is 0 Å². The maximum absolute atomic E-state index is 13.8. The van der Waals surface area contributed by atoms with Crippen molar-refractivity contribution in [2.45, 2.75) is 32.4 Å². The van der Waals surface area contributed by atoms with E-state index in [2.05, 4.69) is 0 Å². The lowest BCUT2D eigenvalue weighted by atomic mass is 9.70. The van der Waals surface area contributed by atoms with Gasteiger partial charge in [0.05, 0.1) is 0 Å². The molecule has 1 heterocycles. The number of carboxylic acid groups (broad SMARTS) is 1. The molecule has 0 saturated carbocycles. The van der Waals surface area contributed by atoms with E-state index in [-0.39, 0.29) is 0 Å². The highest BCUT2D eigenvalue weighted by Crippen LogP contribution is 2.45. The monoisotopic (exact) mass is 206 g/mol. The third kappa shape index (κ3) is 1.82. The zero-order valence-electron chi connectivity index (χ0n) is 7.97. The van der Waals surface area contributed by atoms with Crippen molar-refractivity contribution < 1.29 is 14.3 Å². The van der Waals surface area contributed by atoms with Crippen LogP contribution in [0, 0.1) is 5.41 Å². The molecule has 0 atom stereocenters. The fraction of sp³-hybridized carbons (Fsp3) is 0.889. The van der Waals surface area contributed by atoms with Gasteiger partial charge in [0.25, 0.3) is 0 Å². The van der Waals surface area contributed by atoms with Crippen LogP contribution in [0.3, 0.4) is 0 Å². The molecule has 0 unspecified atom stereocenters. The average Bonchev–Trinajstić information content (AvgIpc) is 2.03. The van der Waals surface area contributed by atoms with E-state index in [9.17, 15) is 9.18 Å². The summed E-state index contributed by atoms with van der Waals surface area (Å²) in [6, 6.07) is 0. The third-order valence-corrected chi connectivity index (χ3v) is 3.88. The molecule has 0 bridgehead atoms. The Hall–Kier alpha value is -0.250. The topological polar surface area (TPSA) is 37.3 Å². The average molecular weight is 206 g/mol. The van der Waals surface area contributed by atoms with Gasteiger partial charge in [0, 0.05) is 0 Å². The summed E-state index contributed by atoms with van der Waals surface area (Å²) in [6.07, 6.45) is 0.882. The van der Waals surface area contributed by atoms with Crippen LogP contribution in [0.15, 0.2) is 0 Å². The van der Waals surface area contributed by atoms with E-state index in [4.69, 9.17) is 5.11 Å². The Balaban J connectivity index is 2.93. The van der Waals surface area contributed by atoms with Crippen molar-refractivity contribution in [3.05, 3.63) is 0 Å². The number of aliphatic carboxylic acids is 1. The normalized spacial score (nSPS) is 22.7. The Labute approximate surface area is 81.9 Å². The summed E-state index contributed by atoms with van der Waals surface area (Å²) in [5.41, 5.74) is -2.78. The van der Waals surface area contributed by atoms with E-state index in [0.717, 1.165) is 11.5 Å². The molecule has 13 heavy (non-hydrogen) atoms. The van der Waals surface area contributed by atoms with Gasteiger partial charge in [0.2, 0.25) is 0 Å². The van der Waals surface area contributed by atoms with E-state index in [1.54, 1.807) is 11.8 Å². The molecule has 1 aliphatic rings. The summed E-state index contributed by atoms with van der Waals surface area (Å²) in [5.74, 6) is 0.513. The van der Waals surface area contributed by atoms with Crippen molar-refractivity contribution in [3.8, 4) is 0 Å². The van der Waals surface area contributed by atoms with Crippen molar-refractivity contribution in [1.29, 1.82) is 0 Å². The molecule has 1 saturated heterocycles. The van der Waals surface area contributed by atoms with Gasteiger partial charge in [-0.3, -0.25) is 4.79 Å². The highest BCUT2D eigenvalue weighted by atomic mass is 32.2. The van der Waals surface area contributed by atoms with Crippen LogP contribution in [0.1, 0.15) is 26.7 Å². The molecule has 2 nitrogen and oxygen atoms in total. The molecule has 0 aromatic rings. The minimum absolute atomic E-state index is 0.441. The van der Waals surface area contributed by atoms with Crippen LogP contribution < -0.4 is 0 Å². The summed E-state index contributed by atoms with van der Waals surface area (Å²) in [4.78, 5) is 11.1. The summed E-state index contributed by atoms with van der Waals surface area (Å²) >= 11 is 1.70. The zero-order valence-corrected chi connectivity index (χ0v) is 8.79. The minimum atomic E-state index is -1.63. The molecule has 0 aromatic heterocycles. The minimum Gasteiger partial charge on any atom is -0.481 e. The van der Waals surface area contributed by atoms with Crippen LogP contribution in [0.2, 0.25) is 0 Å². The number of carboxylic acids is 1. The molecule has 0 amide bonds. The maximum atomic E-state index is 13.8. The molecule has 1 N–H and O–H groups in total. The second kappa shape index (κ2) is 3.48. The van der Waals surface area contributed by atoms with Gasteiger partial charge < -0.3 is 5.11 Å². The molecule has 1 rings (SSSR count). The number of hydrogen-bond donors (Lipinski definition) is 1. The van der Waals surface area contributed by atoms with Crippen molar-refractivity contribution in [3.63, 3.8) is 0 Å². The van der Waals surface area contributed by atoms with E-state index in [1.807, 2.05) is 0 Å². The Morgan fingerprint density at radius 2 is 1.92 bits per heavy atom. The largest absolute Gasteiger partial charge is 0.481 e. The van der Waals surface area contributed by atoms with Gasteiger partial charge in [-0.05, 0) is 38.2 Å². The van der Waals surface area contributed by atoms with Gasteiger partial charge in [-0.25, -0.2) is 4.39 Å². The first-order valence-electron chi connectivity index (χ1n) is 4.40. The standard InChI is InChI=1S/C9H15FO2S/c1-8(2,10)9(7(11)12)3-5-13-6-4-9/h3-6H2,1-2H3,(H,11,12). The SMILES string of the molecule is CC(C)(F)C1(C(=O)O)CCSCC1. The number of rotatable bonds is 2. The van der Waals surface area contributed by atoms with E-state index >= 15 is 0 Å². The van der Waals surface area contributed by atoms with Crippen molar-refractivity contribution in [1.82, 2.24) is 0 Å². The number of alkyl halides is 1. The molecule has 1 aliphatic heterocycles. The molecule has 0 radical (unpaired) electrons. The van der Waals surface area contributed by atoms with Crippen molar-refractivity contribution >= 4 is 17.7 Å². The first-order chi connectivity index (χ1) is 5.90. The maximum Gasteiger partial charge on any atom is 0.312 e. The van der Waals surface area contributed by atoms with Gasteiger partial charge >= 0.3 is 5.97 Å². The van der Waals surface area contributed by atoms with Crippen LogP contribution >= 0.6 is 11.8 Å². The van der Waals surface area contributed by atoms with Crippen LogP contribution in [0.4, 0.5) is 4.39 Å². The third-order valence-electron chi connectivity index (χ3n) is 2.89. The second-order valence-electron chi connectivity index (χ2n) is 3.97. The van der Waals surface area contributed by atoms with E-state index < -0.39 is 17.1 Å². The number of halogens is 1. The first kappa shape index (κ1) is 10.8.